The second kappa shape index (κ2) is 10.8. The SMILES string of the molecule is CCc1[nH]c2nc(Sc3cnc4cccnc4c3)nc(N3C[C@@H](N)[C@@H](C(=O)NCc4ccccc4)C3)c2c1Cl. The van der Waals surface area contributed by atoms with Gasteiger partial charge in [-0.25, -0.2) is 9.97 Å². The van der Waals surface area contributed by atoms with Crippen LogP contribution in [0.4, 0.5) is 5.82 Å². The first-order valence-corrected chi connectivity index (χ1v) is 14.0. The van der Waals surface area contributed by atoms with Gasteiger partial charge >= 0.3 is 0 Å². The number of aryl methyl sites for hydroxylation is 1. The van der Waals surface area contributed by atoms with Crippen molar-refractivity contribution in [1.82, 2.24) is 30.2 Å². The molecule has 1 aromatic carbocycles. The Morgan fingerprint density at radius 2 is 2.00 bits per heavy atom. The monoisotopic (exact) mass is 558 g/mol. The zero-order chi connectivity index (χ0) is 26.9. The lowest BCUT2D eigenvalue weighted by Crippen LogP contribution is -2.40. The third-order valence-electron chi connectivity index (χ3n) is 6.92. The van der Waals surface area contributed by atoms with Crippen LogP contribution >= 0.6 is 23.4 Å². The van der Waals surface area contributed by atoms with Crippen LogP contribution in [0, 0.1) is 5.92 Å². The second-order valence-corrected chi connectivity index (χ2v) is 10.9. The number of pyridine rings is 2. The van der Waals surface area contributed by atoms with Crippen LogP contribution in [-0.4, -0.2) is 50.0 Å². The van der Waals surface area contributed by atoms with Crippen molar-refractivity contribution in [1.29, 1.82) is 0 Å². The lowest BCUT2D eigenvalue weighted by molar-refractivity contribution is -0.124. The number of carbonyl (C=O) groups is 1. The fraction of sp³-hybridized carbons (Fsp3) is 0.250. The molecule has 9 nitrogen and oxygen atoms in total. The number of carbonyl (C=O) groups excluding carboxylic acids is 1. The molecule has 39 heavy (non-hydrogen) atoms. The number of nitrogens with one attached hydrogen (secondary N) is 2. The van der Waals surface area contributed by atoms with E-state index in [2.05, 4.69) is 20.3 Å². The molecule has 1 amide bonds. The van der Waals surface area contributed by atoms with Crippen molar-refractivity contribution in [2.75, 3.05) is 18.0 Å². The fourth-order valence-corrected chi connectivity index (χ4v) is 5.99. The molecule has 4 aromatic heterocycles. The van der Waals surface area contributed by atoms with E-state index in [1.807, 2.05) is 60.4 Å². The summed E-state index contributed by atoms with van der Waals surface area (Å²) in [7, 11) is 0. The van der Waals surface area contributed by atoms with E-state index in [4.69, 9.17) is 27.3 Å². The van der Waals surface area contributed by atoms with Crippen molar-refractivity contribution < 1.29 is 4.79 Å². The predicted octanol–water partition coefficient (Wildman–Crippen LogP) is 4.35. The number of nitrogens with zero attached hydrogens (tertiary/aromatic N) is 5. The van der Waals surface area contributed by atoms with Crippen molar-refractivity contribution in [2.45, 2.75) is 36.0 Å². The maximum atomic E-state index is 13.1. The smallest absolute Gasteiger partial charge is 0.226 e. The highest BCUT2D eigenvalue weighted by molar-refractivity contribution is 7.99. The molecule has 0 radical (unpaired) electrons. The van der Waals surface area contributed by atoms with Gasteiger partial charge in [0, 0.05) is 48.7 Å². The molecule has 0 spiro atoms. The molecule has 0 unspecified atom stereocenters. The number of H-pyrrole nitrogens is 1. The van der Waals surface area contributed by atoms with E-state index < -0.39 is 0 Å². The molecule has 5 aromatic rings. The molecule has 1 fully saturated rings. The third kappa shape index (κ3) is 5.15. The topological polar surface area (TPSA) is 126 Å². The van der Waals surface area contributed by atoms with Gasteiger partial charge in [-0.05, 0) is 41.9 Å². The molecule has 1 aliphatic rings. The zero-order valence-corrected chi connectivity index (χ0v) is 22.8. The van der Waals surface area contributed by atoms with Gasteiger partial charge in [0.2, 0.25) is 5.91 Å². The number of hydrogen-bond acceptors (Lipinski definition) is 8. The third-order valence-corrected chi connectivity index (χ3v) is 8.16. The van der Waals surface area contributed by atoms with E-state index >= 15 is 0 Å². The van der Waals surface area contributed by atoms with Crippen LogP contribution in [0.1, 0.15) is 18.2 Å². The minimum atomic E-state index is -0.381. The Morgan fingerprint density at radius 1 is 1.15 bits per heavy atom. The van der Waals surface area contributed by atoms with Crippen molar-refractivity contribution in [3.8, 4) is 0 Å². The number of hydrogen-bond donors (Lipinski definition) is 3. The molecule has 0 saturated carbocycles. The molecule has 6 rings (SSSR count). The fourth-order valence-electron chi connectivity index (χ4n) is 4.88. The lowest BCUT2D eigenvalue weighted by atomic mass is 10.0. The largest absolute Gasteiger partial charge is 0.353 e. The van der Waals surface area contributed by atoms with E-state index in [1.165, 1.54) is 11.8 Å². The first-order chi connectivity index (χ1) is 19.0. The van der Waals surface area contributed by atoms with Crippen LogP contribution in [0.2, 0.25) is 5.02 Å². The Hall–Kier alpha value is -3.73. The highest BCUT2D eigenvalue weighted by Crippen LogP contribution is 2.38. The van der Waals surface area contributed by atoms with Gasteiger partial charge in [0.15, 0.2) is 5.16 Å². The number of halogens is 1. The van der Waals surface area contributed by atoms with Crippen molar-refractivity contribution in [3.05, 3.63) is 77.2 Å². The summed E-state index contributed by atoms with van der Waals surface area (Å²) in [5, 5.41) is 4.92. The number of nitrogens with two attached hydrogens (primary N) is 1. The Morgan fingerprint density at radius 3 is 2.82 bits per heavy atom. The summed E-state index contributed by atoms with van der Waals surface area (Å²) in [6.07, 6.45) is 4.26. The van der Waals surface area contributed by atoms with Crippen molar-refractivity contribution >= 4 is 57.2 Å². The first-order valence-electron chi connectivity index (χ1n) is 12.8. The number of fused-ring (bicyclic) bond motifs is 2. The number of rotatable bonds is 7. The van der Waals surface area contributed by atoms with Gasteiger partial charge in [-0.1, -0.05) is 48.9 Å². The van der Waals surface area contributed by atoms with Crippen molar-refractivity contribution in [3.63, 3.8) is 0 Å². The first kappa shape index (κ1) is 25.5. The minimum Gasteiger partial charge on any atom is -0.353 e. The van der Waals surface area contributed by atoms with Crippen LogP contribution < -0.4 is 16.0 Å². The standard InChI is InChI=1S/C28H27ClN8OS/c1-2-20-24(29)23-25(34-20)35-28(39-17-11-22-21(32-13-17)9-6-10-31-22)36-26(23)37-14-18(19(30)15-37)27(38)33-12-16-7-4-3-5-8-16/h3-11,13,18-19H,2,12,14-15,30H2,1H3,(H,33,38)(H,34,35,36)/t18-,19+/m0/s1. The number of benzene rings is 1. The Bertz CT molecular complexity index is 1660. The molecule has 4 N–H and O–H groups in total. The van der Waals surface area contributed by atoms with Crippen LogP contribution in [0.25, 0.3) is 22.1 Å². The molecule has 0 aliphatic carbocycles. The maximum Gasteiger partial charge on any atom is 0.226 e. The molecule has 5 heterocycles. The molecule has 198 valence electrons. The molecule has 2 atom stereocenters. The van der Waals surface area contributed by atoms with Gasteiger partial charge in [0.1, 0.15) is 11.5 Å². The molecule has 1 aliphatic heterocycles. The van der Waals surface area contributed by atoms with Gasteiger partial charge in [0.25, 0.3) is 0 Å². The number of aromatic nitrogens is 5. The summed E-state index contributed by atoms with van der Waals surface area (Å²) < 4.78 is 0. The summed E-state index contributed by atoms with van der Waals surface area (Å²) >= 11 is 8.20. The van der Waals surface area contributed by atoms with Gasteiger partial charge in [-0.15, -0.1) is 0 Å². The number of aromatic amines is 1. The van der Waals surface area contributed by atoms with Gasteiger partial charge in [-0.2, -0.15) is 0 Å². The zero-order valence-electron chi connectivity index (χ0n) is 21.3. The van der Waals surface area contributed by atoms with Crippen LogP contribution in [0.15, 0.2) is 71.0 Å². The Balaban J connectivity index is 1.30. The molecule has 11 heteroatoms. The number of anilines is 1. The summed E-state index contributed by atoms with van der Waals surface area (Å²) in [5.41, 5.74) is 10.7. The summed E-state index contributed by atoms with van der Waals surface area (Å²) in [5.74, 6) is 0.219. The van der Waals surface area contributed by atoms with Crippen LogP contribution in [0.5, 0.6) is 0 Å². The second-order valence-electron chi connectivity index (χ2n) is 9.52. The van der Waals surface area contributed by atoms with Gasteiger partial charge in [0.05, 0.1) is 27.4 Å². The average molecular weight is 559 g/mol. The van der Waals surface area contributed by atoms with E-state index in [9.17, 15) is 4.79 Å². The molecule has 0 bridgehead atoms. The highest BCUT2D eigenvalue weighted by atomic mass is 35.5. The maximum absolute atomic E-state index is 13.1. The number of amides is 1. The molecular weight excluding hydrogens is 532 g/mol. The summed E-state index contributed by atoms with van der Waals surface area (Å²) in [6.45, 7) is 3.40. The summed E-state index contributed by atoms with van der Waals surface area (Å²) in [6, 6.07) is 15.2. The molecule has 1 saturated heterocycles. The van der Waals surface area contributed by atoms with E-state index in [-0.39, 0.29) is 17.9 Å². The Kier molecular flexibility index (Phi) is 7.07. The average Bonchev–Trinajstić information content (AvgIpc) is 3.51. The van der Waals surface area contributed by atoms with Crippen molar-refractivity contribution in [2.24, 2.45) is 11.7 Å². The lowest BCUT2D eigenvalue weighted by Gasteiger charge is -2.19. The quantitative estimate of drug-likeness (QED) is 0.252. The highest BCUT2D eigenvalue weighted by Gasteiger charge is 2.37. The van der Waals surface area contributed by atoms with E-state index in [1.54, 1.807) is 12.4 Å². The van der Waals surface area contributed by atoms with E-state index in [0.717, 1.165) is 39.0 Å². The predicted molar refractivity (Wildman–Crippen MR) is 154 cm³/mol. The van der Waals surface area contributed by atoms with E-state index in [0.29, 0.717) is 41.3 Å². The van der Waals surface area contributed by atoms with Crippen LogP contribution in [0.3, 0.4) is 0 Å². The van der Waals surface area contributed by atoms with Gasteiger partial charge < -0.3 is 20.9 Å². The van der Waals surface area contributed by atoms with Crippen LogP contribution in [-0.2, 0) is 17.8 Å². The normalized spacial score (nSPS) is 17.3. The minimum absolute atomic E-state index is 0.0714. The molecular formula is C28H27ClN8OS. The van der Waals surface area contributed by atoms with Gasteiger partial charge in [-0.3, -0.25) is 14.8 Å². The summed E-state index contributed by atoms with van der Waals surface area (Å²) in [4.78, 5) is 38.0. The Labute approximate surface area is 234 Å².